The highest BCUT2D eigenvalue weighted by molar-refractivity contribution is 5.92. The van der Waals surface area contributed by atoms with E-state index in [1.165, 1.54) is 57.1 Å². The number of aromatic amines is 2. The van der Waals surface area contributed by atoms with Crippen molar-refractivity contribution >= 4 is 27.8 Å². The fourth-order valence-corrected chi connectivity index (χ4v) is 11.5. The summed E-state index contributed by atoms with van der Waals surface area (Å²) in [4.78, 5) is 26.9. The van der Waals surface area contributed by atoms with Crippen molar-refractivity contribution in [2.45, 2.75) is 76.0 Å². The minimum Gasteiger partial charge on any atom is -0.496 e. The molecule has 2 aliphatic carbocycles. The van der Waals surface area contributed by atoms with Crippen molar-refractivity contribution < 1.29 is 19.4 Å². The first-order valence-electron chi connectivity index (χ1n) is 18.5. The zero-order valence-electron chi connectivity index (χ0n) is 29.5. The molecule has 2 aromatic heterocycles. The molecular formula is C41H50N4O4. The van der Waals surface area contributed by atoms with Crippen molar-refractivity contribution in [2.24, 2.45) is 23.7 Å². The number of carbonyl (C=O) groups is 1. The highest BCUT2D eigenvalue weighted by atomic mass is 16.5. The summed E-state index contributed by atoms with van der Waals surface area (Å²) in [5, 5.41) is 13.8. The van der Waals surface area contributed by atoms with Crippen molar-refractivity contribution in [3.8, 4) is 5.75 Å². The van der Waals surface area contributed by atoms with Crippen molar-refractivity contribution in [2.75, 3.05) is 40.9 Å². The van der Waals surface area contributed by atoms with Crippen LogP contribution >= 0.6 is 0 Å². The first-order chi connectivity index (χ1) is 23.9. The first-order valence-corrected chi connectivity index (χ1v) is 18.5. The summed E-state index contributed by atoms with van der Waals surface area (Å²) in [7, 11) is 5.49. The Morgan fingerprint density at radius 3 is 2.65 bits per heavy atom. The normalized spacial score (nSPS) is 34.7. The van der Waals surface area contributed by atoms with E-state index in [1.807, 2.05) is 0 Å². The quantitative estimate of drug-likeness (QED) is 0.180. The van der Waals surface area contributed by atoms with Crippen molar-refractivity contribution in [1.82, 2.24) is 19.8 Å². The number of hydrogen-bond acceptors (Lipinski definition) is 6. The van der Waals surface area contributed by atoms with Gasteiger partial charge in [-0.05, 0) is 87.2 Å². The molecule has 6 aliphatic rings. The summed E-state index contributed by atoms with van der Waals surface area (Å²) in [5.74, 6) is 1.48. The van der Waals surface area contributed by atoms with Gasteiger partial charge in [0.25, 0.3) is 0 Å². The number of nitrogens with zero attached hydrogens (tertiary/aromatic N) is 2. The van der Waals surface area contributed by atoms with Crippen LogP contribution in [0.3, 0.4) is 0 Å². The molecule has 0 amide bonds. The first kappa shape index (κ1) is 31.4. The molecule has 6 bridgehead atoms. The molecule has 8 nitrogen and oxygen atoms in total. The number of hydrogen-bond donors (Lipinski definition) is 3. The summed E-state index contributed by atoms with van der Waals surface area (Å²) in [6.07, 6.45) is 6.59. The molecule has 3 saturated heterocycles. The van der Waals surface area contributed by atoms with E-state index < -0.39 is 0 Å². The van der Waals surface area contributed by atoms with Gasteiger partial charge in [-0.15, -0.1) is 0 Å². The third-order valence-electron chi connectivity index (χ3n) is 13.7. The van der Waals surface area contributed by atoms with Gasteiger partial charge in [-0.1, -0.05) is 36.8 Å². The molecule has 10 rings (SSSR count). The van der Waals surface area contributed by atoms with Crippen LogP contribution in [0.25, 0.3) is 21.8 Å². The van der Waals surface area contributed by atoms with Crippen LogP contribution in [0, 0.1) is 23.7 Å². The van der Waals surface area contributed by atoms with Gasteiger partial charge in [-0.2, -0.15) is 0 Å². The molecule has 0 radical (unpaired) electrons. The van der Waals surface area contributed by atoms with Crippen LogP contribution in [-0.4, -0.2) is 89.9 Å². The van der Waals surface area contributed by atoms with E-state index in [4.69, 9.17) is 9.47 Å². The fraction of sp³-hybridized carbons (Fsp3) is 0.537. The lowest BCUT2D eigenvalue weighted by molar-refractivity contribution is -0.151. The Balaban J connectivity index is 1.28. The lowest BCUT2D eigenvalue weighted by Gasteiger charge is -2.55. The van der Waals surface area contributed by atoms with Gasteiger partial charge in [0, 0.05) is 82.7 Å². The number of rotatable bonds is 4. The lowest BCUT2D eigenvalue weighted by atomic mass is 9.63. The molecule has 4 fully saturated rings. The molecule has 3 N–H and O–H groups in total. The largest absolute Gasteiger partial charge is 0.496 e. The van der Waals surface area contributed by atoms with Gasteiger partial charge in [0.1, 0.15) is 5.75 Å². The maximum atomic E-state index is 13.8. The zero-order chi connectivity index (χ0) is 33.7. The van der Waals surface area contributed by atoms with E-state index in [0.29, 0.717) is 23.8 Å². The van der Waals surface area contributed by atoms with Crippen LogP contribution in [0.1, 0.15) is 73.0 Å². The molecule has 2 aromatic carbocycles. The second kappa shape index (κ2) is 11.7. The topological polar surface area (TPSA) is 93.8 Å². The summed E-state index contributed by atoms with van der Waals surface area (Å²) < 4.78 is 11.9. The number of fused-ring (bicyclic) bond motifs is 9. The van der Waals surface area contributed by atoms with Gasteiger partial charge >= 0.3 is 5.97 Å². The zero-order valence-corrected chi connectivity index (χ0v) is 29.5. The van der Waals surface area contributed by atoms with Crippen LogP contribution in [0.5, 0.6) is 5.75 Å². The molecule has 4 aliphatic heterocycles. The van der Waals surface area contributed by atoms with Crippen LogP contribution < -0.4 is 4.74 Å². The van der Waals surface area contributed by atoms with E-state index in [1.54, 1.807) is 7.11 Å². The van der Waals surface area contributed by atoms with E-state index in [9.17, 15) is 9.90 Å². The van der Waals surface area contributed by atoms with E-state index >= 15 is 0 Å². The number of esters is 1. The Morgan fingerprint density at radius 1 is 1.04 bits per heavy atom. The Labute approximate surface area is 288 Å². The number of methoxy groups -OCH3 is 2. The highest BCUT2D eigenvalue weighted by Crippen LogP contribution is 2.54. The Morgan fingerprint density at radius 2 is 1.88 bits per heavy atom. The molecule has 8 heteroatoms. The number of aliphatic hydroxyl groups is 1. The SMILES string of the molecule is C/C=C1/CN(C)[C@H]2Cc3c([nH]c4ccccc34)[C@@H](c3c(OC)ccc4c5c([nH]c34)[C@@H]3C[C@@H]4CN(CC5)[C@H]3[C@@H](CC)C4O)C[C@@H]1[C@@H]2C(=O)OC. The molecule has 2 unspecified atom stereocenters. The number of aromatic nitrogens is 2. The maximum absolute atomic E-state index is 13.8. The molecule has 258 valence electrons. The van der Waals surface area contributed by atoms with E-state index in [-0.39, 0.29) is 35.9 Å². The number of aliphatic hydroxyl groups excluding tert-OH is 1. The monoisotopic (exact) mass is 662 g/mol. The molecule has 0 spiro atoms. The van der Waals surface area contributed by atoms with Crippen molar-refractivity contribution in [3.63, 3.8) is 0 Å². The second-order valence-electron chi connectivity index (χ2n) is 15.6. The predicted molar refractivity (Wildman–Crippen MR) is 192 cm³/mol. The summed E-state index contributed by atoms with van der Waals surface area (Å²) >= 11 is 0. The van der Waals surface area contributed by atoms with Crippen molar-refractivity contribution in [3.05, 3.63) is 76.1 Å². The Hall–Kier alpha value is -3.59. The minimum atomic E-state index is -0.272. The van der Waals surface area contributed by atoms with Crippen LogP contribution in [0.4, 0.5) is 0 Å². The van der Waals surface area contributed by atoms with Crippen LogP contribution in [0.15, 0.2) is 48.0 Å². The van der Waals surface area contributed by atoms with E-state index in [2.05, 4.69) is 83.1 Å². The number of para-hydroxylation sites is 1. The molecule has 6 heterocycles. The summed E-state index contributed by atoms with van der Waals surface area (Å²) in [5.41, 5.74) is 10.1. The average molecular weight is 663 g/mol. The number of piperidine rings is 3. The Kier molecular flexibility index (Phi) is 7.53. The minimum absolute atomic E-state index is 0.0328. The number of ether oxygens (including phenoxy) is 2. The number of nitrogens with one attached hydrogen (secondary N) is 2. The predicted octanol–water partition coefficient (Wildman–Crippen LogP) is 6.13. The van der Waals surface area contributed by atoms with Gasteiger partial charge in [0.05, 0.1) is 31.8 Å². The molecule has 1 saturated carbocycles. The third kappa shape index (κ3) is 4.49. The maximum Gasteiger partial charge on any atom is 0.310 e. The number of benzene rings is 2. The van der Waals surface area contributed by atoms with Crippen molar-refractivity contribution in [1.29, 1.82) is 0 Å². The van der Waals surface area contributed by atoms with E-state index in [0.717, 1.165) is 63.0 Å². The molecular weight excluding hydrogens is 612 g/mol. The number of carbonyl (C=O) groups excluding carboxylic acids is 1. The van der Waals surface area contributed by atoms with Gasteiger partial charge < -0.3 is 24.5 Å². The van der Waals surface area contributed by atoms with Crippen LogP contribution in [0.2, 0.25) is 0 Å². The summed E-state index contributed by atoms with van der Waals surface area (Å²) in [6.45, 7) is 7.24. The molecule has 49 heavy (non-hydrogen) atoms. The Bertz CT molecular complexity index is 1970. The fourth-order valence-electron chi connectivity index (χ4n) is 11.5. The molecule has 10 atom stereocenters. The number of allylic oxidation sites excluding steroid dienone is 1. The third-order valence-corrected chi connectivity index (χ3v) is 13.7. The standard InChI is InChI=1S/C41H50N4O4/c1-6-21-19-44(3)32-18-28-24-10-8-9-11-31(24)42-37(28)29(17-27(21)34(32)41(47)49-5)35-33(48-4)13-12-25-26-14-15-45-20-22-16-30(36(26)43-38(25)35)39(45)23(7-2)40(22)46/h6,8-13,22-23,27,29-30,32,34,39-40,42-43,46H,7,14-20H2,1-5H3/b21-6-/t22-,23-,27+,29-,30+,32+,34+,39+,40?/m1/s1. The smallest absolute Gasteiger partial charge is 0.310 e. The lowest BCUT2D eigenvalue weighted by Crippen LogP contribution is -2.62. The highest BCUT2D eigenvalue weighted by Gasteiger charge is 2.53. The number of likely N-dealkylation sites (N-methyl/N-ethyl adjacent to an activating group) is 1. The van der Waals surface area contributed by atoms with Crippen LogP contribution in [-0.2, 0) is 22.4 Å². The van der Waals surface area contributed by atoms with Gasteiger partial charge in [0.2, 0.25) is 0 Å². The summed E-state index contributed by atoms with van der Waals surface area (Å²) in [6, 6.07) is 13.5. The molecule has 4 aromatic rings. The van der Waals surface area contributed by atoms with Gasteiger partial charge in [0.15, 0.2) is 0 Å². The number of likely N-dealkylation sites (tertiary alicyclic amines) is 1. The number of H-pyrrole nitrogens is 2. The van der Waals surface area contributed by atoms with Gasteiger partial charge in [-0.25, -0.2) is 0 Å². The van der Waals surface area contributed by atoms with Gasteiger partial charge in [-0.3, -0.25) is 14.6 Å². The second-order valence-corrected chi connectivity index (χ2v) is 15.6. The average Bonchev–Trinajstić information content (AvgIpc) is 3.64.